The third-order valence-electron chi connectivity index (χ3n) is 12.9. The third-order valence-corrected chi connectivity index (χ3v) is 15.8. The van der Waals surface area contributed by atoms with E-state index in [1.807, 2.05) is 29.5 Å². The molecule has 0 radical (unpaired) electrons. The molecule has 4 aliphatic carbocycles. The quantitative estimate of drug-likeness (QED) is 0.0944. The van der Waals surface area contributed by atoms with Crippen molar-refractivity contribution in [1.29, 1.82) is 0 Å². The van der Waals surface area contributed by atoms with Gasteiger partial charge in [0.05, 0.1) is 0 Å². The van der Waals surface area contributed by atoms with Crippen LogP contribution in [0, 0.1) is 46.3 Å². The molecule has 0 aromatic heterocycles. The van der Waals surface area contributed by atoms with E-state index in [9.17, 15) is 4.79 Å². The summed E-state index contributed by atoms with van der Waals surface area (Å²) in [4.78, 5) is 15.0. The Morgan fingerprint density at radius 3 is 2.22 bits per heavy atom. The number of nitrogens with zero attached hydrogens (tertiary/aromatic N) is 1. The molecule has 0 heterocycles. The lowest BCUT2D eigenvalue weighted by Gasteiger charge is -2.58. The van der Waals surface area contributed by atoms with Gasteiger partial charge in [-0.2, -0.15) is 0 Å². The highest BCUT2D eigenvalue weighted by atomic mass is 35.5. The number of allylic oxidation sites excluding steroid dienone is 2. The average molecular weight is 721 g/mol. The van der Waals surface area contributed by atoms with Crippen molar-refractivity contribution in [2.24, 2.45) is 57.8 Å². The van der Waals surface area contributed by atoms with Crippen molar-refractivity contribution in [2.75, 3.05) is 18.8 Å². The van der Waals surface area contributed by atoms with Gasteiger partial charge in [-0.15, -0.1) is 24.8 Å². The summed E-state index contributed by atoms with van der Waals surface area (Å²) in [6.45, 7) is 18.3. The summed E-state index contributed by atoms with van der Waals surface area (Å²) in [6, 6.07) is 0.237. The molecule has 4 rings (SSSR count). The summed E-state index contributed by atoms with van der Waals surface area (Å²) in [5.74, 6) is 6.57. The standard InChI is InChI=1S/C38H69N3OS2.2ClH/c1-26(2)9-8-10-27(3)33-13-14-34-32-12-11-30-25-31(15-20-37(30,6)35(32)16-21-38(33,34)7)44-43-24-19-36(42)41(22-17-28(4)39)23-18-29(5)40;;/h11,26-29,31-35H,8-10,12-25,39-40H2,1-7H3;2*1H/t27-,28?,29?,31+,32+,33-,34+,35+,37+,38-;;/m1../s1. The van der Waals surface area contributed by atoms with Crippen molar-refractivity contribution in [3.05, 3.63) is 11.6 Å². The molecule has 270 valence electrons. The minimum absolute atomic E-state index is 0. The Labute approximate surface area is 304 Å². The number of carbonyl (C=O) groups excluding carboxylic acids is 1. The van der Waals surface area contributed by atoms with Gasteiger partial charge in [0, 0.05) is 42.6 Å². The fourth-order valence-corrected chi connectivity index (χ4v) is 12.9. The van der Waals surface area contributed by atoms with Crippen LogP contribution < -0.4 is 11.5 Å². The number of carbonyl (C=O) groups is 1. The van der Waals surface area contributed by atoms with Crippen LogP contribution in [0.5, 0.6) is 0 Å². The molecule has 1 amide bonds. The van der Waals surface area contributed by atoms with E-state index in [0.29, 0.717) is 22.5 Å². The molecule has 4 N–H and O–H groups in total. The molecule has 4 nitrogen and oxygen atoms in total. The van der Waals surface area contributed by atoms with Gasteiger partial charge in [0.25, 0.3) is 0 Å². The van der Waals surface area contributed by atoms with E-state index in [-0.39, 0.29) is 42.8 Å². The van der Waals surface area contributed by atoms with Crippen molar-refractivity contribution >= 4 is 52.3 Å². The van der Waals surface area contributed by atoms with Gasteiger partial charge in [-0.1, -0.05) is 87.1 Å². The fourth-order valence-electron chi connectivity index (χ4n) is 10.2. The van der Waals surface area contributed by atoms with E-state index >= 15 is 0 Å². The topological polar surface area (TPSA) is 72.3 Å². The van der Waals surface area contributed by atoms with Crippen LogP contribution in [0.25, 0.3) is 0 Å². The van der Waals surface area contributed by atoms with Gasteiger partial charge in [-0.25, -0.2) is 0 Å². The molecular weight excluding hydrogens is 649 g/mol. The van der Waals surface area contributed by atoms with Gasteiger partial charge < -0.3 is 16.4 Å². The molecule has 2 unspecified atom stereocenters. The monoisotopic (exact) mass is 719 g/mol. The summed E-state index contributed by atoms with van der Waals surface area (Å²) in [6.07, 6.45) is 20.5. The first-order valence-electron chi connectivity index (χ1n) is 18.6. The highest BCUT2D eigenvalue weighted by Crippen LogP contribution is 2.67. The summed E-state index contributed by atoms with van der Waals surface area (Å²) in [5, 5.41) is 0.690. The van der Waals surface area contributed by atoms with Gasteiger partial charge >= 0.3 is 0 Å². The Morgan fingerprint density at radius 1 is 0.913 bits per heavy atom. The molecule has 0 aromatic rings. The van der Waals surface area contributed by atoms with E-state index in [1.54, 1.807) is 5.57 Å². The maximum atomic E-state index is 13.0. The van der Waals surface area contributed by atoms with Gasteiger partial charge in [-0.05, 0) is 124 Å². The molecule has 3 saturated carbocycles. The van der Waals surface area contributed by atoms with Gasteiger partial charge in [-0.3, -0.25) is 4.79 Å². The zero-order valence-corrected chi connectivity index (χ0v) is 33.7. The van der Waals surface area contributed by atoms with Crippen LogP contribution in [0.1, 0.15) is 138 Å². The van der Waals surface area contributed by atoms with Crippen LogP contribution in [-0.2, 0) is 4.79 Å². The van der Waals surface area contributed by atoms with Crippen molar-refractivity contribution in [1.82, 2.24) is 4.90 Å². The Bertz CT molecular complexity index is 952. The van der Waals surface area contributed by atoms with E-state index < -0.39 is 0 Å². The lowest BCUT2D eigenvalue weighted by atomic mass is 9.47. The average Bonchev–Trinajstić information content (AvgIpc) is 3.32. The Kier molecular flexibility index (Phi) is 17.7. The maximum absolute atomic E-state index is 13.0. The van der Waals surface area contributed by atoms with Crippen LogP contribution >= 0.6 is 46.4 Å². The van der Waals surface area contributed by atoms with Crippen molar-refractivity contribution in [3.63, 3.8) is 0 Å². The first-order chi connectivity index (χ1) is 20.8. The first-order valence-corrected chi connectivity index (χ1v) is 21.0. The number of amides is 1. The Morgan fingerprint density at radius 2 is 1.59 bits per heavy atom. The smallest absolute Gasteiger partial charge is 0.223 e. The predicted octanol–water partition coefficient (Wildman–Crippen LogP) is 10.3. The molecule has 4 aliphatic rings. The first kappa shape index (κ1) is 42.6. The zero-order valence-electron chi connectivity index (χ0n) is 30.4. The molecule has 0 aliphatic heterocycles. The summed E-state index contributed by atoms with van der Waals surface area (Å²) in [7, 11) is 3.99. The Hall–Kier alpha value is 0.410. The van der Waals surface area contributed by atoms with Gasteiger partial charge in [0.15, 0.2) is 0 Å². The van der Waals surface area contributed by atoms with Crippen LogP contribution in [0.3, 0.4) is 0 Å². The minimum Gasteiger partial charge on any atom is -0.343 e. The van der Waals surface area contributed by atoms with Crippen molar-refractivity contribution < 1.29 is 4.79 Å². The highest BCUT2D eigenvalue weighted by Gasteiger charge is 2.59. The molecule has 46 heavy (non-hydrogen) atoms. The number of nitrogens with two attached hydrogens (primary N) is 2. The highest BCUT2D eigenvalue weighted by molar-refractivity contribution is 8.76. The summed E-state index contributed by atoms with van der Waals surface area (Å²) >= 11 is 0. The van der Waals surface area contributed by atoms with Crippen LogP contribution in [0.2, 0.25) is 0 Å². The second-order valence-electron chi connectivity index (χ2n) is 16.7. The molecule has 10 atom stereocenters. The zero-order chi connectivity index (χ0) is 32.1. The molecule has 0 saturated heterocycles. The van der Waals surface area contributed by atoms with Gasteiger partial charge in [0.2, 0.25) is 5.91 Å². The van der Waals surface area contributed by atoms with Crippen LogP contribution in [0.4, 0.5) is 0 Å². The molecule has 3 fully saturated rings. The number of hydrogen-bond acceptors (Lipinski definition) is 5. The molecule has 8 heteroatoms. The number of halogens is 2. The van der Waals surface area contributed by atoms with E-state index in [2.05, 4.69) is 51.5 Å². The van der Waals surface area contributed by atoms with E-state index in [0.717, 1.165) is 67.2 Å². The summed E-state index contributed by atoms with van der Waals surface area (Å²) in [5.41, 5.74) is 14.8. The van der Waals surface area contributed by atoms with Crippen LogP contribution in [0.15, 0.2) is 11.6 Å². The lowest BCUT2D eigenvalue weighted by Crippen LogP contribution is -2.50. The Balaban J connectivity index is 0.00000368. The van der Waals surface area contributed by atoms with Crippen LogP contribution in [-0.4, -0.2) is 47.0 Å². The predicted molar refractivity (Wildman–Crippen MR) is 209 cm³/mol. The normalized spacial score (nSPS) is 33.8. The summed E-state index contributed by atoms with van der Waals surface area (Å²) < 4.78 is 0. The minimum atomic E-state index is 0. The lowest BCUT2D eigenvalue weighted by molar-refractivity contribution is -0.130. The number of rotatable bonds is 16. The third kappa shape index (κ3) is 10.5. The van der Waals surface area contributed by atoms with Gasteiger partial charge in [0.1, 0.15) is 0 Å². The SMILES string of the molecule is CC(C)CCC[C@@H](C)[C@H]1CC[C@H]2[C@@H]3CC=C4C[C@@H](SSCCC(=O)N(CCC(C)N)CCC(C)N)CC[C@]4(C)[C@H]3CC[C@]12C.Cl.Cl. The van der Waals surface area contributed by atoms with E-state index in [4.69, 9.17) is 11.5 Å². The van der Waals surface area contributed by atoms with Crippen molar-refractivity contribution in [3.8, 4) is 0 Å². The fraction of sp³-hybridized carbons (Fsp3) is 0.921. The number of hydrogen-bond donors (Lipinski definition) is 2. The largest absolute Gasteiger partial charge is 0.343 e. The van der Waals surface area contributed by atoms with Crippen molar-refractivity contribution in [2.45, 2.75) is 156 Å². The number of fused-ring (bicyclic) bond motifs is 5. The second kappa shape index (κ2) is 19.1. The maximum Gasteiger partial charge on any atom is 0.223 e. The molecular formula is C38H71Cl2N3OS2. The molecule has 0 bridgehead atoms. The molecule has 0 aromatic carbocycles. The second-order valence-corrected chi connectivity index (χ2v) is 19.5. The van der Waals surface area contributed by atoms with E-state index in [1.165, 1.54) is 70.6 Å². The molecule has 0 spiro atoms.